The van der Waals surface area contributed by atoms with E-state index < -0.39 is 11.2 Å². The molecule has 0 spiro atoms. The quantitative estimate of drug-likeness (QED) is 0.666. The minimum absolute atomic E-state index is 0.0588. The van der Waals surface area contributed by atoms with Crippen molar-refractivity contribution in [2.24, 2.45) is 14.1 Å². The number of rotatable bonds is 6. The molecule has 0 aliphatic rings. The maximum absolute atomic E-state index is 12.9. The van der Waals surface area contributed by atoms with Gasteiger partial charge in [-0.1, -0.05) is 25.1 Å². The number of hydrogen-bond acceptors (Lipinski definition) is 5. The summed E-state index contributed by atoms with van der Waals surface area (Å²) in [5.74, 6) is -0.287. The normalized spacial score (nSPS) is 12.0. The van der Waals surface area contributed by atoms with Crippen molar-refractivity contribution < 1.29 is 4.79 Å². The summed E-state index contributed by atoms with van der Waals surface area (Å²) in [5.41, 5.74) is 1.41. The number of hydrogen-bond donors (Lipinski definition) is 1. The Morgan fingerprint density at radius 1 is 1.17 bits per heavy atom. The number of likely N-dealkylation sites (N-methyl/N-ethyl adjacent to an activating group) is 1. The van der Waals surface area contributed by atoms with E-state index in [1.165, 1.54) is 17.8 Å². The molecule has 30 heavy (non-hydrogen) atoms. The Kier molecular flexibility index (Phi) is 6.05. The summed E-state index contributed by atoms with van der Waals surface area (Å²) in [6.45, 7) is 4.33. The Bertz CT molecular complexity index is 1200. The second-order valence-electron chi connectivity index (χ2n) is 7.41. The Hall–Kier alpha value is -3.42. The number of benzene rings is 1. The van der Waals surface area contributed by atoms with Gasteiger partial charge in [0.05, 0.1) is 10.9 Å². The van der Waals surface area contributed by atoms with Crippen molar-refractivity contribution in [3.05, 3.63) is 68.5 Å². The molecule has 0 aliphatic heterocycles. The first-order chi connectivity index (χ1) is 14.3. The molecule has 2 heterocycles. The zero-order valence-corrected chi connectivity index (χ0v) is 18.0. The molecule has 0 fully saturated rings. The molecule has 3 aromatic rings. The summed E-state index contributed by atoms with van der Waals surface area (Å²) in [6.07, 6.45) is 1.91. The monoisotopic (exact) mass is 409 g/mol. The van der Waals surface area contributed by atoms with Crippen molar-refractivity contribution in [2.75, 3.05) is 18.5 Å². The average molecular weight is 409 g/mol. The highest BCUT2D eigenvalue weighted by molar-refractivity contribution is 5.99. The minimum atomic E-state index is -0.447. The maximum atomic E-state index is 12.9. The molecule has 0 saturated heterocycles. The van der Waals surface area contributed by atoms with E-state index in [1.54, 1.807) is 7.05 Å². The van der Waals surface area contributed by atoms with Crippen LogP contribution in [-0.2, 0) is 20.5 Å². The van der Waals surface area contributed by atoms with Crippen molar-refractivity contribution in [2.45, 2.75) is 26.3 Å². The van der Waals surface area contributed by atoms with E-state index in [-0.39, 0.29) is 17.6 Å². The van der Waals surface area contributed by atoms with Crippen LogP contribution in [0.3, 0.4) is 0 Å². The number of nitrogens with one attached hydrogen (secondary N) is 1. The van der Waals surface area contributed by atoms with Gasteiger partial charge >= 0.3 is 5.69 Å². The van der Waals surface area contributed by atoms with Gasteiger partial charge in [-0.15, -0.1) is 0 Å². The van der Waals surface area contributed by atoms with Gasteiger partial charge in [-0.05, 0) is 31.0 Å². The number of pyridine rings is 1. The molecule has 0 aliphatic carbocycles. The van der Waals surface area contributed by atoms with E-state index in [2.05, 4.69) is 15.2 Å². The lowest BCUT2D eigenvalue weighted by Gasteiger charge is -2.27. The molecule has 1 aromatic carbocycles. The van der Waals surface area contributed by atoms with Crippen molar-refractivity contribution in [3.8, 4) is 0 Å². The van der Waals surface area contributed by atoms with Gasteiger partial charge in [0.15, 0.2) is 0 Å². The van der Waals surface area contributed by atoms with E-state index in [9.17, 15) is 14.4 Å². The molecule has 0 radical (unpaired) electrons. The topological polar surface area (TPSA) is 89.2 Å². The summed E-state index contributed by atoms with van der Waals surface area (Å²) in [6, 6.07) is 9.99. The predicted octanol–water partition coefficient (Wildman–Crippen LogP) is 1.45. The fourth-order valence-electron chi connectivity index (χ4n) is 3.54. The van der Waals surface area contributed by atoms with Crippen LogP contribution in [0.4, 0.5) is 5.69 Å². The molecule has 8 heteroatoms. The van der Waals surface area contributed by atoms with Crippen molar-refractivity contribution in [3.63, 3.8) is 0 Å². The molecule has 0 bridgehead atoms. The highest BCUT2D eigenvalue weighted by Gasteiger charge is 2.20. The third-order valence-electron chi connectivity index (χ3n) is 5.56. The maximum Gasteiger partial charge on any atom is 0.332 e. The summed E-state index contributed by atoms with van der Waals surface area (Å²) in [7, 11) is 4.97. The van der Waals surface area contributed by atoms with Gasteiger partial charge in [-0.25, -0.2) is 9.78 Å². The first-order valence-corrected chi connectivity index (χ1v) is 9.91. The second-order valence-corrected chi connectivity index (χ2v) is 7.41. The lowest BCUT2D eigenvalue weighted by atomic mass is 10.0. The van der Waals surface area contributed by atoms with Gasteiger partial charge in [-0.2, -0.15) is 0 Å². The van der Waals surface area contributed by atoms with E-state index >= 15 is 0 Å². The van der Waals surface area contributed by atoms with Crippen LogP contribution in [0.15, 0.2) is 46.1 Å². The standard InChI is InChI=1S/C22H27N5O3/c1-6-16-17(13-23-19-18(16)21(29)27(5)22(30)26(19)4)20(28)24-12-14(2)25(3)15-10-8-7-9-11-15/h7-11,13-14H,6,12H2,1-5H3,(H,24,28). The van der Waals surface area contributed by atoms with Crippen LogP contribution in [0.2, 0.25) is 0 Å². The Morgan fingerprint density at radius 3 is 2.47 bits per heavy atom. The van der Waals surface area contributed by atoms with Crippen LogP contribution in [0.5, 0.6) is 0 Å². The Balaban J connectivity index is 1.90. The summed E-state index contributed by atoms with van der Waals surface area (Å²) in [4.78, 5) is 44.2. The molecule has 1 amide bonds. The number of fused-ring (bicyclic) bond motifs is 1. The SMILES string of the molecule is CCc1c(C(=O)NCC(C)N(C)c2ccccc2)cnc2c1c(=O)n(C)c(=O)n2C. The molecule has 3 rings (SSSR count). The van der Waals surface area contributed by atoms with E-state index in [1.807, 2.05) is 51.2 Å². The van der Waals surface area contributed by atoms with Gasteiger partial charge in [0.2, 0.25) is 0 Å². The largest absolute Gasteiger partial charge is 0.370 e. The smallest absolute Gasteiger partial charge is 0.332 e. The summed E-state index contributed by atoms with van der Waals surface area (Å²) >= 11 is 0. The first kappa shape index (κ1) is 21.3. The molecular weight excluding hydrogens is 382 g/mol. The third-order valence-corrected chi connectivity index (χ3v) is 5.56. The highest BCUT2D eigenvalue weighted by atomic mass is 16.2. The van der Waals surface area contributed by atoms with Gasteiger partial charge < -0.3 is 10.2 Å². The van der Waals surface area contributed by atoms with Crippen LogP contribution in [0.1, 0.15) is 29.8 Å². The number of amides is 1. The van der Waals surface area contributed by atoms with E-state index in [0.717, 1.165) is 10.3 Å². The van der Waals surface area contributed by atoms with Crippen molar-refractivity contribution in [1.82, 2.24) is 19.4 Å². The first-order valence-electron chi connectivity index (χ1n) is 9.91. The molecule has 0 saturated carbocycles. The molecule has 1 unspecified atom stereocenters. The molecule has 158 valence electrons. The number of carbonyl (C=O) groups is 1. The number of aryl methyl sites for hydroxylation is 2. The fraction of sp³-hybridized carbons (Fsp3) is 0.364. The Morgan fingerprint density at radius 2 is 1.83 bits per heavy atom. The van der Waals surface area contributed by atoms with Gasteiger partial charge in [0.1, 0.15) is 5.65 Å². The van der Waals surface area contributed by atoms with Crippen LogP contribution >= 0.6 is 0 Å². The minimum Gasteiger partial charge on any atom is -0.370 e. The number of carbonyl (C=O) groups excluding carboxylic acids is 1. The second kappa shape index (κ2) is 8.52. The lowest BCUT2D eigenvalue weighted by Crippen LogP contribution is -2.41. The van der Waals surface area contributed by atoms with Crippen LogP contribution in [0.25, 0.3) is 11.0 Å². The highest BCUT2D eigenvalue weighted by Crippen LogP contribution is 2.18. The van der Waals surface area contributed by atoms with Gasteiger partial charge in [-0.3, -0.25) is 18.7 Å². The van der Waals surface area contributed by atoms with Gasteiger partial charge in [0.25, 0.3) is 11.5 Å². The number of nitrogens with zero attached hydrogens (tertiary/aromatic N) is 4. The van der Waals surface area contributed by atoms with E-state index in [0.29, 0.717) is 29.5 Å². The Labute approximate surface area is 174 Å². The predicted molar refractivity (Wildman–Crippen MR) is 118 cm³/mol. The zero-order valence-electron chi connectivity index (χ0n) is 18.0. The number of para-hydroxylation sites is 1. The molecule has 1 N–H and O–H groups in total. The molecule has 8 nitrogen and oxygen atoms in total. The van der Waals surface area contributed by atoms with Crippen molar-refractivity contribution >= 4 is 22.6 Å². The van der Waals surface area contributed by atoms with Gasteiger partial charge in [0, 0.05) is 45.6 Å². The van der Waals surface area contributed by atoms with Crippen molar-refractivity contribution in [1.29, 1.82) is 0 Å². The summed E-state index contributed by atoms with van der Waals surface area (Å²) in [5, 5.41) is 3.26. The lowest BCUT2D eigenvalue weighted by molar-refractivity contribution is 0.0950. The zero-order chi connectivity index (χ0) is 22.0. The third kappa shape index (κ3) is 3.72. The van der Waals surface area contributed by atoms with E-state index in [4.69, 9.17) is 0 Å². The fourth-order valence-corrected chi connectivity index (χ4v) is 3.54. The number of anilines is 1. The molecule has 1 atom stereocenters. The number of aromatic nitrogens is 3. The molecule has 2 aromatic heterocycles. The van der Waals surface area contributed by atoms with Crippen LogP contribution in [0, 0.1) is 0 Å². The van der Waals surface area contributed by atoms with Crippen LogP contribution < -0.4 is 21.5 Å². The summed E-state index contributed by atoms with van der Waals surface area (Å²) < 4.78 is 2.37. The van der Waals surface area contributed by atoms with Crippen LogP contribution in [-0.4, -0.2) is 39.7 Å². The average Bonchev–Trinajstić information content (AvgIpc) is 2.78. The molecular formula is C22H27N5O3.